The van der Waals surface area contributed by atoms with Gasteiger partial charge in [0.1, 0.15) is 11.9 Å². The summed E-state index contributed by atoms with van der Waals surface area (Å²) in [6.07, 6.45) is 3.45. The summed E-state index contributed by atoms with van der Waals surface area (Å²) in [6.45, 7) is 0.452. The third-order valence-electron chi connectivity index (χ3n) is 4.52. The van der Waals surface area contributed by atoms with Crippen LogP contribution in [0.15, 0.2) is 24.3 Å². The predicted molar refractivity (Wildman–Crippen MR) is 89.4 cm³/mol. The molecule has 1 aliphatic heterocycles. The molecule has 126 valence electrons. The first-order chi connectivity index (χ1) is 11.7. The van der Waals surface area contributed by atoms with Gasteiger partial charge in [-0.1, -0.05) is 12.1 Å². The minimum absolute atomic E-state index is 0.0128. The Labute approximate surface area is 140 Å². The highest BCUT2D eigenvalue weighted by Gasteiger charge is 2.30. The monoisotopic (exact) mass is 327 g/mol. The van der Waals surface area contributed by atoms with Gasteiger partial charge in [0.15, 0.2) is 5.82 Å². The third-order valence-corrected chi connectivity index (χ3v) is 4.52. The van der Waals surface area contributed by atoms with Crippen molar-refractivity contribution in [1.82, 2.24) is 15.2 Å². The van der Waals surface area contributed by atoms with E-state index in [0.717, 1.165) is 23.5 Å². The lowest BCUT2D eigenvalue weighted by Crippen LogP contribution is -2.29. The van der Waals surface area contributed by atoms with Crippen LogP contribution in [0, 0.1) is 0 Å². The number of benzene rings is 1. The van der Waals surface area contributed by atoms with Gasteiger partial charge in [0, 0.05) is 23.7 Å². The Balaban J connectivity index is 1.45. The van der Waals surface area contributed by atoms with Crippen molar-refractivity contribution in [3.8, 4) is 11.4 Å². The zero-order valence-corrected chi connectivity index (χ0v) is 13.4. The second kappa shape index (κ2) is 6.33. The van der Waals surface area contributed by atoms with E-state index < -0.39 is 6.10 Å². The molecular weight excluding hydrogens is 306 g/mol. The highest BCUT2D eigenvalue weighted by atomic mass is 16.5. The number of carbonyl (C=O) groups is 1. The van der Waals surface area contributed by atoms with Gasteiger partial charge in [0.05, 0.1) is 6.10 Å². The Morgan fingerprint density at radius 2 is 2.21 bits per heavy atom. The molecule has 1 aromatic carbocycles. The summed E-state index contributed by atoms with van der Waals surface area (Å²) in [5, 5.41) is 10.2. The summed E-state index contributed by atoms with van der Waals surface area (Å²) in [5.41, 5.74) is 7.18. The summed E-state index contributed by atoms with van der Waals surface area (Å²) < 4.78 is 5.63. The third kappa shape index (κ3) is 3.18. The molecule has 1 aliphatic carbocycles. The van der Waals surface area contributed by atoms with Crippen LogP contribution in [0.5, 0.6) is 0 Å². The molecule has 0 spiro atoms. The van der Waals surface area contributed by atoms with E-state index in [1.54, 1.807) is 0 Å². The van der Waals surface area contributed by atoms with Crippen LogP contribution < -0.4 is 11.1 Å². The van der Waals surface area contributed by atoms with Gasteiger partial charge in [-0.15, -0.1) is 0 Å². The van der Waals surface area contributed by atoms with E-state index in [2.05, 4.69) is 20.5 Å². The number of hydrogen-bond acceptors (Lipinski definition) is 5. The topological polar surface area (TPSA) is 106 Å². The number of nitrogens with two attached hydrogens (primary N) is 1. The van der Waals surface area contributed by atoms with Gasteiger partial charge in [-0.05, 0) is 37.8 Å². The van der Waals surface area contributed by atoms with Crippen molar-refractivity contribution in [3.63, 3.8) is 0 Å². The van der Waals surface area contributed by atoms with Crippen molar-refractivity contribution >= 4 is 11.6 Å². The van der Waals surface area contributed by atoms with Crippen molar-refractivity contribution in [2.45, 2.75) is 43.8 Å². The first-order valence-corrected chi connectivity index (χ1v) is 8.42. The zero-order chi connectivity index (χ0) is 16.5. The van der Waals surface area contributed by atoms with E-state index in [1.807, 2.05) is 24.3 Å². The quantitative estimate of drug-likeness (QED) is 0.776. The van der Waals surface area contributed by atoms with Gasteiger partial charge in [-0.2, -0.15) is 5.10 Å². The lowest BCUT2D eigenvalue weighted by molar-refractivity contribution is -0.126. The van der Waals surface area contributed by atoms with E-state index in [9.17, 15) is 4.79 Å². The maximum atomic E-state index is 12.3. The number of carbonyl (C=O) groups excluding carboxylic acids is 1. The number of aromatic nitrogens is 3. The molecule has 2 heterocycles. The molecule has 1 saturated carbocycles. The second-order valence-corrected chi connectivity index (χ2v) is 6.45. The lowest BCUT2D eigenvalue weighted by atomic mass is 10.1. The van der Waals surface area contributed by atoms with Crippen LogP contribution in [0.1, 0.15) is 37.4 Å². The van der Waals surface area contributed by atoms with Crippen molar-refractivity contribution in [3.05, 3.63) is 30.1 Å². The predicted octanol–water partition coefficient (Wildman–Crippen LogP) is 1.79. The molecule has 7 heteroatoms. The van der Waals surface area contributed by atoms with Gasteiger partial charge in [-0.3, -0.25) is 9.89 Å². The fourth-order valence-corrected chi connectivity index (χ4v) is 2.97. The Morgan fingerprint density at radius 1 is 1.33 bits per heavy atom. The van der Waals surface area contributed by atoms with Crippen molar-refractivity contribution in [1.29, 1.82) is 0 Å². The highest BCUT2D eigenvalue weighted by Crippen LogP contribution is 2.38. The van der Waals surface area contributed by atoms with Gasteiger partial charge in [0.2, 0.25) is 0 Å². The average molecular weight is 327 g/mol. The summed E-state index contributed by atoms with van der Waals surface area (Å²) in [6, 6.07) is 7.56. The first-order valence-electron chi connectivity index (χ1n) is 8.42. The molecule has 7 nitrogen and oxygen atoms in total. The molecule has 4 N–H and O–H groups in total. The molecule has 0 radical (unpaired) electrons. The molecule has 0 bridgehead atoms. The minimum Gasteiger partial charge on any atom is -0.364 e. The van der Waals surface area contributed by atoms with E-state index in [0.29, 0.717) is 24.7 Å². The van der Waals surface area contributed by atoms with Crippen molar-refractivity contribution in [2.24, 2.45) is 5.73 Å². The number of aromatic amines is 1. The van der Waals surface area contributed by atoms with Gasteiger partial charge in [0.25, 0.3) is 5.91 Å². The maximum Gasteiger partial charge on any atom is 0.253 e. The molecule has 2 aliphatic rings. The smallest absolute Gasteiger partial charge is 0.253 e. The number of rotatable bonds is 5. The van der Waals surface area contributed by atoms with E-state index in [4.69, 9.17) is 10.5 Å². The standard InChI is InChI=1S/C17H21N5O2/c18-9-13-6-7-14(24-13)17(23)19-12-3-1-2-11(8-12)16-20-15(21-22-16)10-4-5-10/h1-3,8,10,13-14H,4-7,9,18H2,(H,19,23)(H,20,21,22)/t13-,14+/m1/s1. The van der Waals surface area contributed by atoms with E-state index >= 15 is 0 Å². The molecule has 1 amide bonds. The SMILES string of the molecule is NC[C@H]1CC[C@@H](C(=O)Nc2cccc(-c3n[nH]c(C4CC4)n3)c2)O1. The van der Waals surface area contributed by atoms with Crippen LogP contribution in [0.25, 0.3) is 11.4 Å². The molecule has 0 unspecified atom stereocenters. The molecule has 1 saturated heterocycles. The van der Waals surface area contributed by atoms with Gasteiger partial charge in [-0.25, -0.2) is 4.98 Å². The number of hydrogen-bond donors (Lipinski definition) is 3. The minimum atomic E-state index is -0.424. The Bertz CT molecular complexity index is 740. The molecular formula is C17H21N5O2. The summed E-state index contributed by atoms with van der Waals surface area (Å²) in [5.74, 6) is 2.01. The Hall–Kier alpha value is -2.25. The number of anilines is 1. The van der Waals surface area contributed by atoms with Crippen LogP contribution in [0.2, 0.25) is 0 Å². The Kier molecular flexibility index (Phi) is 4.03. The van der Waals surface area contributed by atoms with Crippen LogP contribution in [-0.2, 0) is 9.53 Å². The first kappa shape index (κ1) is 15.3. The summed E-state index contributed by atoms with van der Waals surface area (Å²) >= 11 is 0. The van der Waals surface area contributed by atoms with E-state index in [1.165, 1.54) is 12.8 Å². The highest BCUT2D eigenvalue weighted by molar-refractivity contribution is 5.94. The van der Waals surface area contributed by atoms with Crippen LogP contribution >= 0.6 is 0 Å². The fraction of sp³-hybridized carbons (Fsp3) is 0.471. The van der Waals surface area contributed by atoms with E-state index in [-0.39, 0.29) is 12.0 Å². The van der Waals surface area contributed by atoms with Crippen molar-refractivity contribution < 1.29 is 9.53 Å². The largest absolute Gasteiger partial charge is 0.364 e. The average Bonchev–Trinajstić information content (AvgIpc) is 3.14. The van der Waals surface area contributed by atoms with Gasteiger partial charge < -0.3 is 15.8 Å². The Morgan fingerprint density at radius 3 is 2.96 bits per heavy atom. The molecule has 1 aromatic heterocycles. The molecule has 4 rings (SSSR count). The number of nitrogens with zero attached hydrogens (tertiary/aromatic N) is 2. The number of amides is 1. The molecule has 2 fully saturated rings. The van der Waals surface area contributed by atoms with Gasteiger partial charge >= 0.3 is 0 Å². The fourth-order valence-electron chi connectivity index (χ4n) is 2.97. The van der Waals surface area contributed by atoms with Crippen LogP contribution in [0.3, 0.4) is 0 Å². The summed E-state index contributed by atoms with van der Waals surface area (Å²) in [7, 11) is 0. The molecule has 2 aromatic rings. The summed E-state index contributed by atoms with van der Waals surface area (Å²) in [4.78, 5) is 16.9. The maximum absolute atomic E-state index is 12.3. The lowest BCUT2D eigenvalue weighted by Gasteiger charge is -2.13. The number of nitrogens with one attached hydrogen (secondary N) is 2. The second-order valence-electron chi connectivity index (χ2n) is 6.45. The number of ether oxygens (including phenoxy) is 1. The zero-order valence-electron chi connectivity index (χ0n) is 13.4. The van der Waals surface area contributed by atoms with Crippen LogP contribution in [0.4, 0.5) is 5.69 Å². The molecule has 24 heavy (non-hydrogen) atoms. The van der Waals surface area contributed by atoms with Crippen molar-refractivity contribution in [2.75, 3.05) is 11.9 Å². The normalized spacial score (nSPS) is 23.4. The number of H-pyrrole nitrogens is 1. The van der Waals surface area contributed by atoms with Crippen LogP contribution in [-0.4, -0.2) is 39.8 Å². The molecule has 2 atom stereocenters.